The first-order valence-electron chi connectivity index (χ1n) is 8.04. The van der Waals surface area contributed by atoms with Crippen LogP contribution >= 0.6 is 11.8 Å². The lowest BCUT2D eigenvalue weighted by atomic mass is 10.2. The van der Waals surface area contributed by atoms with Gasteiger partial charge >= 0.3 is 10.1 Å². The van der Waals surface area contributed by atoms with E-state index in [1.165, 1.54) is 11.8 Å². The highest BCUT2D eigenvalue weighted by atomic mass is 32.2. The monoisotopic (exact) mass is 382 g/mol. The second-order valence-corrected chi connectivity index (χ2v) is 8.26. The highest BCUT2D eigenvalue weighted by Crippen LogP contribution is 2.32. The molecular formula is C21H18O3S2. The van der Waals surface area contributed by atoms with E-state index in [1.807, 2.05) is 67.6 Å². The van der Waals surface area contributed by atoms with Crippen molar-refractivity contribution in [2.75, 3.05) is 0 Å². The maximum absolute atomic E-state index is 12.7. The van der Waals surface area contributed by atoms with E-state index in [1.54, 1.807) is 30.3 Å². The van der Waals surface area contributed by atoms with Crippen LogP contribution in [0.3, 0.4) is 0 Å². The minimum Gasteiger partial charge on any atom is -0.371 e. The fourth-order valence-electron chi connectivity index (χ4n) is 2.22. The van der Waals surface area contributed by atoms with E-state index in [0.29, 0.717) is 5.09 Å². The van der Waals surface area contributed by atoms with Gasteiger partial charge < -0.3 is 4.18 Å². The molecule has 0 aliphatic carbocycles. The van der Waals surface area contributed by atoms with Crippen LogP contribution in [-0.2, 0) is 14.3 Å². The largest absolute Gasteiger partial charge is 0.371 e. The summed E-state index contributed by atoms with van der Waals surface area (Å²) in [5, 5.41) is 0.294. The molecule has 0 fully saturated rings. The molecule has 5 heteroatoms. The zero-order valence-electron chi connectivity index (χ0n) is 14.2. The topological polar surface area (TPSA) is 43.4 Å². The second kappa shape index (κ2) is 8.25. The molecule has 0 amide bonds. The molecule has 0 aliphatic rings. The van der Waals surface area contributed by atoms with Crippen molar-refractivity contribution in [1.29, 1.82) is 0 Å². The first kappa shape index (κ1) is 18.3. The molecule has 0 radical (unpaired) electrons. The van der Waals surface area contributed by atoms with Crippen molar-refractivity contribution in [2.45, 2.75) is 16.7 Å². The third kappa shape index (κ3) is 5.00. The number of thioether (sulfide) groups is 1. The van der Waals surface area contributed by atoms with Gasteiger partial charge in [0.05, 0.1) is 0 Å². The predicted molar refractivity (Wildman–Crippen MR) is 106 cm³/mol. The fraction of sp³-hybridized carbons (Fsp3) is 0.0476. The van der Waals surface area contributed by atoms with E-state index < -0.39 is 10.1 Å². The molecule has 0 spiro atoms. The van der Waals surface area contributed by atoms with E-state index in [4.69, 9.17) is 4.18 Å². The van der Waals surface area contributed by atoms with Gasteiger partial charge in [0.1, 0.15) is 4.90 Å². The number of hydrogen-bond donors (Lipinski definition) is 0. The number of benzene rings is 3. The van der Waals surface area contributed by atoms with Gasteiger partial charge in [-0.2, -0.15) is 8.42 Å². The third-order valence-corrected chi connectivity index (χ3v) is 5.81. The van der Waals surface area contributed by atoms with Crippen LogP contribution in [0.25, 0.3) is 6.08 Å². The lowest BCUT2D eigenvalue weighted by molar-refractivity contribution is 0.436. The molecular weight excluding hydrogens is 364 g/mol. The molecule has 0 saturated carbocycles. The van der Waals surface area contributed by atoms with Gasteiger partial charge in [-0.1, -0.05) is 78.0 Å². The highest BCUT2D eigenvalue weighted by molar-refractivity contribution is 8.03. The molecule has 3 aromatic carbocycles. The summed E-state index contributed by atoms with van der Waals surface area (Å²) in [5.41, 5.74) is 1.85. The van der Waals surface area contributed by atoms with Crippen molar-refractivity contribution in [3.8, 4) is 0 Å². The van der Waals surface area contributed by atoms with E-state index >= 15 is 0 Å². The quantitative estimate of drug-likeness (QED) is 0.321. The van der Waals surface area contributed by atoms with Gasteiger partial charge in [-0.25, -0.2) is 0 Å². The normalized spacial score (nSPS) is 12.0. The van der Waals surface area contributed by atoms with Gasteiger partial charge in [-0.15, -0.1) is 0 Å². The van der Waals surface area contributed by atoms with Gasteiger partial charge in [-0.05, 0) is 42.8 Å². The van der Waals surface area contributed by atoms with E-state index in [-0.39, 0.29) is 4.90 Å². The van der Waals surface area contributed by atoms with Crippen LogP contribution in [0.1, 0.15) is 11.1 Å². The Morgan fingerprint density at radius 2 is 1.42 bits per heavy atom. The standard InChI is InChI=1S/C21H18O3S2/c1-17-12-14-20(15-13-17)26(22,23)24-21(16-18-8-4-2-5-9-18)25-19-10-6-3-7-11-19/h2-16H,1H3/b21-16+. The Morgan fingerprint density at radius 3 is 2.04 bits per heavy atom. The van der Waals surface area contributed by atoms with Crippen molar-refractivity contribution in [1.82, 2.24) is 0 Å². The van der Waals surface area contributed by atoms with Crippen LogP contribution in [0.15, 0.2) is 99.8 Å². The van der Waals surface area contributed by atoms with Crippen molar-refractivity contribution in [3.05, 3.63) is 101 Å². The molecule has 3 rings (SSSR count). The van der Waals surface area contributed by atoms with Crippen molar-refractivity contribution in [3.63, 3.8) is 0 Å². The molecule has 3 nitrogen and oxygen atoms in total. The van der Waals surface area contributed by atoms with Crippen LogP contribution in [0.5, 0.6) is 0 Å². The average molecular weight is 383 g/mol. The van der Waals surface area contributed by atoms with Crippen LogP contribution in [0, 0.1) is 6.92 Å². The molecule has 0 aromatic heterocycles. The Bertz CT molecular complexity index is 978. The van der Waals surface area contributed by atoms with Gasteiger partial charge in [0.25, 0.3) is 0 Å². The Morgan fingerprint density at radius 1 is 0.846 bits per heavy atom. The minimum absolute atomic E-state index is 0.135. The summed E-state index contributed by atoms with van der Waals surface area (Å²) in [7, 11) is -3.91. The number of hydrogen-bond acceptors (Lipinski definition) is 4. The Kier molecular flexibility index (Phi) is 5.81. The van der Waals surface area contributed by atoms with Gasteiger partial charge in [0.2, 0.25) is 0 Å². The lowest BCUT2D eigenvalue weighted by Crippen LogP contribution is -2.05. The summed E-state index contributed by atoms with van der Waals surface area (Å²) < 4.78 is 30.8. The molecule has 0 atom stereocenters. The molecule has 0 bridgehead atoms. The van der Waals surface area contributed by atoms with Gasteiger partial charge in [-0.3, -0.25) is 0 Å². The molecule has 0 unspecified atom stereocenters. The van der Waals surface area contributed by atoms with Gasteiger partial charge in [0.15, 0.2) is 5.09 Å². The van der Waals surface area contributed by atoms with Crippen LogP contribution in [0.2, 0.25) is 0 Å². The lowest BCUT2D eigenvalue weighted by Gasteiger charge is -2.11. The molecule has 0 N–H and O–H groups in total. The summed E-state index contributed by atoms with van der Waals surface area (Å²) >= 11 is 1.27. The summed E-state index contributed by atoms with van der Waals surface area (Å²) in [6.45, 7) is 1.91. The summed E-state index contributed by atoms with van der Waals surface area (Å²) in [6.07, 6.45) is 1.73. The zero-order chi connectivity index (χ0) is 18.4. The Hall–Kier alpha value is -2.50. The van der Waals surface area contributed by atoms with Gasteiger partial charge in [0, 0.05) is 4.90 Å². The highest BCUT2D eigenvalue weighted by Gasteiger charge is 2.18. The molecule has 3 aromatic rings. The minimum atomic E-state index is -3.91. The van der Waals surface area contributed by atoms with Crippen molar-refractivity contribution in [2.24, 2.45) is 0 Å². The maximum Gasteiger partial charge on any atom is 0.339 e. The fourth-order valence-corrected chi connectivity index (χ4v) is 4.18. The maximum atomic E-state index is 12.7. The summed E-state index contributed by atoms with van der Waals surface area (Å²) in [4.78, 5) is 1.03. The first-order chi connectivity index (χ1) is 12.5. The summed E-state index contributed by atoms with van der Waals surface area (Å²) in [6, 6.07) is 25.6. The van der Waals surface area contributed by atoms with Crippen LogP contribution < -0.4 is 0 Å². The predicted octanol–water partition coefficient (Wildman–Crippen LogP) is 5.49. The van der Waals surface area contributed by atoms with Crippen molar-refractivity contribution < 1.29 is 12.6 Å². The smallest absolute Gasteiger partial charge is 0.339 e. The van der Waals surface area contributed by atoms with E-state index in [9.17, 15) is 8.42 Å². The molecule has 0 saturated heterocycles. The number of aryl methyl sites for hydroxylation is 1. The molecule has 132 valence electrons. The first-order valence-corrected chi connectivity index (χ1v) is 10.3. The Labute approximate surface area is 158 Å². The summed E-state index contributed by atoms with van der Waals surface area (Å²) in [5.74, 6) is 0. The number of rotatable bonds is 6. The Balaban J connectivity index is 1.92. The zero-order valence-corrected chi connectivity index (χ0v) is 15.8. The molecule has 0 heterocycles. The van der Waals surface area contributed by atoms with E-state index in [2.05, 4.69) is 0 Å². The van der Waals surface area contributed by atoms with Crippen molar-refractivity contribution >= 4 is 28.0 Å². The third-order valence-electron chi connectivity index (χ3n) is 3.55. The molecule has 26 heavy (non-hydrogen) atoms. The van der Waals surface area contributed by atoms with Crippen LogP contribution in [-0.4, -0.2) is 8.42 Å². The van der Waals surface area contributed by atoms with E-state index in [0.717, 1.165) is 16.0 Å². The average Bonchev–Trinajstić information content (AvgIpc) is 2.63. The van der Waals surface area contributed by atoms with Crippen LogP contribution in [0.4, 0.5) is 0 Å². The SMILES string of the molecule is Cc1ccc(S(=O)(=O)O/C(=C\c2ccccc2)Sc2ccccc2)cc1. The second-order valence-electron chi connectivity index (χ2n) is 5.64. The molecule has 0 aliphatic heterocycles.